The second-order valence-electron chi connectivity index (χ2n) is 6.27. The number of carbonyl (C=O) groups excluding carboxylic acids is 1. The number of nitrogens with zero attached hydrogens (tertiary/aromatic N) is 3. The molecule has 1 heterocycles. The SMILES string of the molecule is O=C(Cc1ccccc1)N(/N=C/c1ccc(F)cc1)c1nc2ccc(Br)cc2s1. The van der Waals surface area contributed by atoms with E-state index in [9.17, 15) is 9.18 Å². The first-order valence-corrected chi connectivity index (χ1v) is 10.4. The Kier molecular flexibility index (Phi) is 5.78. The second kappa shape index (κ2) is 8.63. The van der Waals surface area contributed by atoms with Crippen LogP contribution in [0.4, 0.5) is 9.52 Å². The van der Waals surface area contributed by atoms with E-state index in [1.165, 1.54) is 34.7 Å². The minimum atomic E-state index is -0.323. The van der Waals surface area contributed by atoms with Gasteiger partial charge in [-0.15, -0.1) is 0 Å². The number of aromatic nitrogens is 1. The van der Waals surface area contributed by atoms with Crippen molar-refractivity contribution in [2.45, 2.75) is 6.42 Å². The van der Waals surface area contributed by atoms with Crippen LogP contribution in [0.1, 0.15) is 11.1 Å². The highest BCUT2D eigenvalue weighted by Gasteiger charge is 2.19. The molecule has 0 radical (unpaired) electrons. The predicted molar refractivity (Wildman–Crippen MR) is 119 cm³/mol. The summed E-state index contributed by atoms with van der Waals surface area (Å²) < 4.78 is 15.0. The fourth-order valence-electron chi connectivity index (χ4n) is 2.72. The molecule has 1 amide bonds. The monoisotopic (exact) mass is 467 g/mol. The number of benzene rings is 3. The Labute approximate surface area is 179 Å². The van der Waals surface area contributed by atoms with Gasteiger partial charge in [0.1, 0.15) is 5.82 Å². The van der Waals surface area contributed by atoms with Crippen molar-refractivity contribution in [3.8, 4) is 0 Å². The number of fused-ring (bicyclic) bond motifs is 1. The number of hydrazone groups is 1. The highest BCUT2D eigenvalue weighted by atomic mass is 79.9. The molecule has 0 aliphatic rings. The molecule has 0 aliphatic carbocycles. The van der Waals surface area contributed by atoms with Gasteiger partial charge in [-0.1, -0.05) is 69.7 Å². The Morgan fingerprint density at radius 2 is 1.86 bits per heavy atom. The lowest BCUT2D eigenvalue weighted by Gasteiger charge is -2.13. The maximum atomic E-state index is 13.2. The van der Waals surface area contributed by atoms with Gasteiger partial charge in [-0.3, -0.25) is 4.79 Å². The number of anilines is 1. The van der Waals surface area contributed by atoms with E-state index in [1.54, 1.807) is 12.1 Å². The van der Waals surface area contributed by atoms with Gasteiger partial charge in [-0.05, 0) is 41.5 Å². The minimum Gasteiger partial charge on any atom is -0.272 e. The highest BCUT2D eigenvalue weighted by molar-refractivity contribution is 9.10. The summed E-state index contributed by atoms with van der Waals surface area (Å²) in [5, 5.41) is 6.18. The van der Waals surface area contributed by atoms with Crippen LogP contribution in [0.15, 0.2) is 82.4 Å². The zero-order valence-corrected chi connectivity index (χ0v) is 17.5. The van der Waals surface area contributed by atoms with Crippen LogP contribution < -0.4 is 5.01 Å². The first-order chi connectivity index (χ1) is 14.1. The Bertz CT molecular complexity index is 1180. The first-order valence-electron chi connectivity index (χ1n) is 8.81. The Balaban J connectivity index is 1.68. The molecule has 0 unspecified atom stereocenters. The van der Waals surface area contributed by atoms with E-state index in [-0.39, 0.29) is 18.1 Å². The van der Waals surface area contributed by atoms with Gasteiger partial charge in [0.2, 0.25) is 5.13 Å². The Morgan fingerprint density at radius 1 is 1.10 bits per heavy atom. The average molecular weight is 468 g/mol. The molecule has 4 nitrogen and oxygen atoms in total. The zero-order chi connectivity index (χ0) is 20.2. The van der Waals surface area contributed by atoms with Crippen molar-refractivity contribution < 1.29 is 9.18 Å². The summed E-state index contributed by atoms with van der Waals surface area (Å²) in [4.78, 5) is 17.6. The molecule has 144 valence electrons. The van der Waals surface area contributed by atoms with Crippen LogP contribution in [0.3, 0.4) is 0 Å². The first kappa shape index (κ1) is 19.4. The van der Waals surface area contributed by atoms with E-state index in [2.05, 4.69) is 26.0 Å². The van der Waals surface area contributed by atoms with E-state index in [4.69, 9.17) is 0 Å². The van der Waals surface area contributed by atoms with E-state index in [1.807, 2.05) is 48.5 Å². The lowest BCUT2D eigenvalue weighted by molar-refractivity contribution is -0.118. The van der Waals surface area contributed by atoms with Crippen molar-refractivity contribution in [3.63, 3.8) is 0 Å². The van der Waals surface area contributed by atoms with Crippen LogP contribution in [0.25, 0.3) is 10.2 Å². The number of halogens is 2. The summed E-state index contributed by atoms with van der Waals surface area (Å²) in [7, 11) is 0. The van der Waals surface area contributed by atoms with Crippen molar-refractivity contribution in [1.82, 2.24) is 4.98 Å². The molecule has 0 bridgehead atoms. The summed E-state index contributed by atoms with van der Waals surface area (Å²) in [5.41, 5.74) is 2.37. The van der Waals surface area contributed by atoms with Crippen LogP contribution in [0.5, 0.6) is 0 Å². The molecular formula is C22H15BrFN3OS. The van der Waals surface area contributed by atoms with E-state index < -0.39 is 0 Å². The summed E-state index contributed by atoms with van der Waals surface area (Å²) >= 11 is 4.84. The second-order valence-corrected chi connectivity index (χ2v) is 8.20. The Hall–Kier alpha value is -2.90. The van der Waals surface area contributed by atoms with Gasteiger partial charge in [0.15, 0.2) is 0 Å². The van der Waals surface area contributed by atoms with Gasteiger partial charge in [-0.25, -0.2) is 9.37 Å². The van der Waals surface area contributed by atoms with Crippen molar-refractivity contribution >= 4 is 54.7 Å². The summed E-state index contributed by atoms with van der Waals surface area (Å²) in [6, 6.07) is 21.2. The molecule has 4 aromatic rings. The maximum Gasteiger partial charge on any atom is 0.253 e. The number of amides is 1. The van der Waals surface area contributed by atoms with Gasteiger partial charge in [-0.2, -0.15) is 10.1 Å². The zero-order valence-electron chi connectivity index (χ0n) is 15.1. The molecule has 0 spiro atoms. The molecule has 7 heteroatoms. The van der Waals surface area contributed by atoms with Crippen LogP contribution in [0.2, 0.25) is 0 Å². The number of carbonyl (C=O) groups is 1. The topological polar surface area (TPSA) is 45.6 Å². The van der Waals surface area contributed by atoms with Crippen molar-refractivity contribution in [3.05, 3.63) is 94.2 Å². The standard InChI is InChI=1S/C22H15BrFN3OS/c23-17-8-11-19-20(13-17)29-22(26-19)27(21(28)12-15-4-2-1-3-5-15)25-14-16-6-9-18(24)10-7-16/h1-11,13-14H,12H2/b25-14+. The fourth-order valence-corrected chi connectivity index (χ4v) is 4.21. The van der Waals surface area contributed by atoms with Crippen LogP contribution in [-0.2, 0) is 11.2 Å². The van der Waals surface area contributed by atoms with Gasteiger partial charge in [0.25, 0.3) is 5.91 Å². The third-order valence-electron chi connectivity index (χ3n) is 4.15. The molecule has 29 heavy (non-hydrogen) atoms. The number of hydrogen-bond acceptors (Lipinski definition) is 4. The third kappa shape index (κ3) is 4.75. The summed E-state index contributed by atoms with van der Waals surface area (Å²) in [5.74, 6) is -0.524. The van der Waals surface area contributed by atoms with Crippen molar-refractivity contribution in [2.75, 3.05) is 5.01 Å². The van der Waals surface area contributed by atoms with E-state index in [0.717, 1.165) is 20.3 Å². The molecule has 3 aromatic carbocycles. The van der Waals surface area contributed by atoms with Crippen LogP contribution >= 0.6 is 27.3 Å². The van der Waals surface area contributed by atoms with Gasteiger partial charge in [0.05, 0.1) is 22.9 Å². The molecule has 0 saturated heterocycles. The van der Waals surface area contributed by atoms with E-state index >= 15 is 0 Å². The van der Waals surface area contributed by atoms with Crippen molar-refractivity contribution in [2.24, 2.45) is 5.10 Å². The number of thiazole rings is 1. The molecule has 0 saturated carbocycles. The quantitative estimate of drug-likeness (QED) is 0.274. The maximum absolute atomic E-state index is 13.2. The van der Waals surface area contributed by atoms with Gasteiger partial charge < -0.3 is 0 Å². The third-order valence-corrected chi connectivity index (χ3v) is 5.63. The molecule has 0 aliphatic heterocycles. The van der Waals surface area contributed by atoms with Crippen molar-refractivity contribution in [1.29, 1.82) is 0 Å². The molecular weight excluding hydrogens is 453 g/mol. The van der Waals surface area contributed by atoms with Crippen LogP contribution in [-0.4, -0.2) is 17.1 Å². The molecule has 0 N–H and O–H groups in total. The normalized spacial score (nSPS) is 11.2. The molecule has 0 atom stereocenters. The predicted octanol–water partition coefficient (Wildman–Crippen LogP) is 5.81. The number of rotatable bonds is 5. The largest absolute Gasteiger partial charge is 0.272 e. The Morgan fingerprint density at radius 3 is 2.62 bits per heavy atom. The minimum absolute atomic E-state index is 0.196. The lowest BCUT2D eigenvalue weighted by atomic mass is 10.1. The number of hydrogen-bond donors (Lipinski definition) is 0. The average Bonchev–Trinajstić information content (AvgIpc) is 3.13. The molecule has 1 aromatic heterocycles. The van der Waals surface area contributed by atoms with Crippen LogP contribution in [0, 0.1) is 5.82 Å². The summed E-state index contributed by atoms with van der Waals surface area (Å²) in [6.07, 6.45) is 1.73. The van der Waals surface area contributed by atoms with E-state index in [0.29, 0.717) is 10.7 Å². The smallest absolute Gasteiger partial charge is 0.253 e. The van der Waals surface area contributed by atoms with Gasteiger partial charge >= 0.3 is 0 Å². The molecule has 0 fully saturated rings. The fraction of sp³-hybridized carbons (Fsp3) is 0.0455. The van der Waals surface area contributed by atoms with Gasteiger partial charge in [0, 0.05) is 4.47 Å². The highest BCUT2D eigenvalue weighted by Crippen LogP contribution is 2.31. The lowest BCUT2D eigenvalue weighted by Crippen LogP contribution is -2.27. The molecule has 4 rings (SSSR count). The summed E-state index contributed by atoms with van der Waals surface area (Å²) in [6.45, 7) is 0.